The number of halogens is 1. The van der Waals surface area contributed by atoms with E-state index in [2.05, 4.69) is 10.3 Å². The van der Waals surface area contributed by atoms with Crippen molar-refractivity contribution in [1.82, 2.24) is 4.98 Å². The molecule has 0 saturated carbocycles. The Morgan fingerprint density at radius 2 is 2.14 bits per heavy atom. The van der Waals surface area contributed by atoms with Crippen molar-refractivity contribution >= 4 is 51.4 Å². The van der Waals surface area contributed by atoms with E-state index in [1.807, 2.05) is 32.9 Å². The molecular weight excluding hydrogens is 326 g/mol. The molecule has 21 heavy (non-hydrogen) atoms. The Morgan fingerprint density at radius 3 is 2.71 bits per heavy atom. The smallest absolute Gasteiger partial charge is 0.234 e. The van der Waals surface area contributed by atoms with Gasteiger partial charge in [-0.25, -0.2) is 4.98 Å². The number of amides is 1. The summed E-state index contributed by atoms with van der Waals surface area (Å²) in [4.78, 5) is 16.2. The van der Waals surface area contributed by atoms with E-state index in [1.165, 1.54) is 23.1 Å². The van der Waals surface area contributed by atoms with E-state index in [0.29, 0.717) is 21.6 Å². The molecule has 3 N–H and O–H groups in total. The van der Waals surface area contributed by atoms with Crippen molar-refractivity contribution in [1.29, 1.82) is 0 Å². The number of aromatic nitrogens is 1. The number of carbonyl (C=O) groups is 1. The van der Waals surface area contributed by atoms with E-state index in [9.17, 15) is 4.79 Å². The van der Waals surface area contributed by atoms with E-state index in [0.717, 1.165) is 21.0 Å². The largest absolute Gasteiger partial charge is 0.375 e. The van der Waals surface area contributed by atoms with Crippen LogP contribution in [-0.2, 0) is 4.79 Å². The number of benzene rings is 1. The number of aryl methyl sites for hydroxylation is 3. The van der Waals surface area contributed by atoms with Crippen molar-refractivity contribution in [2.24, 2.45) is 0 Å². The molecule has 1 aromatic carbocycles. The Hall–Kier alpha value is -1.24. The number of carbonyl (C=O) groups excluding carboxylic acids is 1. The minimum Gasteiger partial charge on any atom is -0.375 e. The average Bonchev–Trinajstić information content (AvgIpc) is 2.69. The Bertz CT molecular complexity index is 662. The van der Waals surface area contributed by atoms with Crippen LogP contribution >= 0.6 is 34.7 Å². The molecular formula is C14H16ClN3OS2. The van der Waals surface area contributed by atoms with Crippen molar-refractivity contribution in [2.45, 2.75) is 25.0 Å². The van der Waals surface area contributed by atoms with Crippen molar-refractivity contribution in [3.8, 4) is 0 Å². The second-order valence-corrected chi connectivity index (χ2v) is 7.38. The van der Waals surface area contributed by atoms with Crippen molar-refractivity contribution in [2.75, 3.05) is 16.8 Å². The maximum atomic E-state index is 12.1. The van der Waals surface area contributed by atoms with Crippen LogP contribution in [0.5, 0.6) is 0 Å². The van der Waals surface area contributed by atoms with Gasteiger partial charge in [0.05, 0.1) is 26.4 Å². The van der Waals surface area contributed by atoms with E-state index in [4.69, 9.17) is 17.3 Å². The lowest BCUT2D eigenvalue weighted by atomic mass is 10.1. The van der Waals surface area contributed by atoms with Crippen LogP contribution in [0.25, 0.3) is 0 Å². The molecule has 0 atom stereocenters. The van der Waals surface area contributed by atoms with Gasteiger partial charge in [-0.2, -0.15) is 0 Å². The van der Waals surface area contributed by atoms with Crippen LogP contribution in [0.15, 0.2) is 16.3 Å². The highest BCUT2D eigenvalue weighted by Crippen LogP contribution is 2.31. The third-order valence-electron chi connectivity index (χ3n) is 2.80. The first kappa shape index (κ1) is 16.1. The summed E-state index contributed by atoms with van der Waals surface area (Å²) in [5.74, 6) is 0.201. The van der Waals surface area contributed by atoms with E-state index >= 15 is 0 Å². The van der Waals surface area contributed by atoms with Gasteiger partial charge in [-0.15, -0.1) is 11.8 Å². The number of hydrogen-bond acceptors (Lipinski definition) is 5. The fourth-order valence-electron chi connectivity index (χ4n) is 1.92. The van der Waals surface area contributed by atoms with E-state index < -0.39 is 0 Å². The predicted octanol–water partition coefficient (Wildman–Crippen LogP) is 4.03. The molecule has 1 amide bonds. The first-order chi connectivity index (χ1) is 9.86. The zero-order valence-electron chi connectivity index (χ0n) is 12.0. The summed E-state index contributed by atoms with van der Waals surface area (Å²) in [5.41, 5.74) is 9.20. The number of anilines is 2. The van der Waals surface area contributed by atoms with E-state index in [1.54, 1.807) is 0 Å². The summed E-state index contributed by atoms with van der Waals surface area (Å²) in [7, 11) is 0. The Morgan fingerprint density at radius 1 is 1.43 bits per heavy atom. The maximum absolute atomic E-state index is 12.1. The van der Waals surface area contributed by atoms with Crippen molar-refractivity contribution in [3.63, 3.8) is 0 Å². The Labute approximate surface area is 137 Å². The SMILES string of the molecule is Cc1cc(C)c(NC(=O)CSc2sc(N)nc2C)c(Cl)c1. The zero-order valence-corrected chi connectivity index (χ0v) is 14.4. The summed E-state index contributed by atoms with van der Waals surface area (Å²) in [6.45, 7) is 5.78. The number of thiazole rings is 1. The molecule has 1 aromatic heterocycles. The van der Waals surface area contributed by atoms with Crippen LogP contribution in [0, 0.1) is 20.8 Å². The number of rotatable bonds is 4. The van der Waals surface area contributed by atoms with Gasteiger partial charge in [0.15, 0.2) is 5.13 Å². The summed E-state index contributed by atoms with van der Waals surface area (Å²) in [6, 6.07) is 3.83. The number of nitrogen functional groups attached to an aromatic ring is 1. The second-order valence-electron chi connectivity index (χ2n) is 4.70. The minimum atomic E-state index is -0.0970. The molecule has 0 unspecified atom stereocenters. The van der Waals surface area contributed by atoms with Gasteiger partial charge < -0.3 is 11.1 Å². The summed E-state index contributed by atoms with van der Waals surface area (Å²) < 4.78 is 0.967. The number of hydrogen-bond donors (Lipinski definition) is 2. The monoisotopic (exact) mass is 341 g/mol. The van der Waals surface area contributed by atoms with Crippen LogP contribution in [0.4, 0.5) is 10.8 Å². The molecule has 0 aliphatic rings. The van der Waals surface area contributed by atoms with Crippen LogP contribution < -0.4 is 11.1 Å². The molecule has 1 heterocycles. The normalized spacial score (nSPS) is 10.7. The minimum absolute atomic E-state index is 0.0970. The molecule has 112 valence electrons. The lowest BCUT2D eigenvalue weighted by Crippen LogP contribution is -2.15. The molecule has 0 fully saturated rings. The summed E-state index contributed by atoms with van der Waals surface area (Å²) in [6.07, 6.45) is 0. The molecule has 7 heteroatoms. The average molecular weight is 342 g/mol. The van der Waals surface area contributed by atoms with Gasteiger partial charge in [0, 0.05) is 0 Å². The molecule has 0 aliphatic heterocycles. The van der Waals surface area contributed by atoms with E-state index in [-0.39, 0.29) is 5.91 Å². The highest BCUT2D eigenvalue weighted by atomic mass is 35.5. The highest BCUT2D eigenvalue weighted by Gasteiger charge is 2.12. The van der Waals surface area contributed by atoms with Crippen LogP contribution in [-0.4, -0.2) is 16.6 Å². The van der Waals surface area contributed by atoms with Crippen molar-refractivity contribution < 1.29 is 4.79 Å². The molecule has 4 nitrogen and oxygen atoms in total. The number of thioether (sulfide) groups is 1. The fraction of sp³-hybridized carbons (Fsp3) is 0.286. The van der Waals surface area contributed by atoms with Gasteiger partial charge in [0.25, 0.3) is 0 Å². The van der Waals surface area contributed by atoms with Crippen LogP contribution in [0.1, 0.15) is 16.8 Å². The topological polar surface area (TPSA) is 68.0 Å². The molecule has 0 saturated heterocycles. The summed E-state index contributed by atoms with van der Waals surface area (Å²) >= 11 is 9.00. The lowest BCUT2D eigenvalue weighted by Gasteiger charge is -2.11. The highest BCUT2D eigenvalue weighted by molar-refractivity contribution is 8.01. The number of nitrogens with zero attached hydrogens (tertiary/aromatic N) is 1. The molecule has 2 rings (SSSR count). The van der Waals surface area contributed by atoms with Gasteiger partial charge in [0.2, 0.25) is 5.91 Å². The van der Waals surface area contributed by atoms with Gasteiger partial charge in [-0.05, 0) is 38.0 Å². The summed E-state index contributed by atoms with van der Waals surface area (Å²) in [5, 5.41) is 3.94. The lowest BCUT2D eigenvalue weighted by molar-refractivity contribution is -0.113. The third kappa shape index (κ3) is 4.12. The first-order valence-electron chi connectivity index (χ1n) is 6.29. The first-order valence-corrected chi connectivity index (χ1v) is 8.47. The molecule has 0 spiro atoms. The van der Waals surface area contributed by atoms with Crippen LogP contribution in [0.3, 0.4) is 0 Å². The van der Waals surface area contributed by atoms with Gasteiger partial charge in [-0.1, -0.05) is 29.0 Å². The van der Waals surface area contributed by atoms with Crippen molar-refractivity contribution in [3.05, 3.63) is 34.0 Å². The Balaban J connectivity index is 2.01. The molecule has 0 aliphatic carbocycles. The van der Waals surface area contributed by atoms with Gasteiger partial charge in [0.1, 0.15) is 0 Å². The molecule has 0 bridgehead atoms. The Kier molecular flexibility index (Phi) is 5.13. The molecule has 2 aromatic rings. The maximum Gasteiger partial charge on any atom is 0.234 e. The van der Waals surface area contributed by atoms with Gasteiger partial charge >= 0.3 is 0 Å². The molecule has 0 radical (unpaired) electrons. The van der Waals surface area contributed by atoms with Gasteiger partial charge in [-0.3, -0.25) is 4.79 Å². The zero-order chi connectivity index (χ0) is 15.6. The standard InChI is InChI=1S/C14H16ClN3OS2/c1-7-4-8(2)12(10(15)5-7)18-11(19)6-20-13-9(3)17-14(16)21-13/h4-5H,6H2,1-3H3,(H2,16,17)(H,18,19). The van der Waals surface area contributed by atoms with Crippen LogP contribution in [0.2, 0.25) is 5.02 Å². The predicted molar refractivity (Wildman–Crippen MR) is 91.5 cm³/mol. The third-order valence-corrected chi connectivity index (χ3v) is 5.45. The fourth-order valence-corrected chi connectivity index (χ4v) is 4.11. The number of nitrogens with one attached hydrogen (secondary N) is 1. The number of nitrogens with two attached hydrogens (primary N) is 1. The quantitative estimate of drug-likeness (QED) is 0.824. The second kappa shape index (κ2) is 6.68.